The molecule has 142 valence electrons. The standard InChI is InChI=1S/C20H24N4O3/c1-13-6-7-15(11-21-13)20-18(14(2)27-23-20)12-26-19-5-4-8-22-24(19)16-9-17(10-16)25-3/h4-8,11,16-17,22H,9-10,12H2,1-3H3/t16-,17-. The zero-order chi connectivity index (χ0) is 18.8. The number of ether oxygens (including phenoxy) is 2. The Hall–Kier alpha value is -2.80. The van der Waals surface area contributed by atoms with E-state index in [-0.39, 0.29) is 0 Å². The summed E-state index contributed by atoms with van der Waals surface area (Å²) in [6, 6.07) is 4.32. The second-order valence-corrected chi connectivity index (χ2v) is 6.89. The van der Waals surface area contributed by atoms with Crippen molar-refractivity contribution in [3.63, 3.8) is 0 Å². The van der Waals surface area contributed by atoms with Crippen molar-refractivity contribution in [2.75, 3.05) is 7.11 Å². The second kappa shape index (κ2) is 7.44. The van der Waals surface area contributed by atoms with E-state index in [4.69, 9.17) is 14.0 Å². The number of pyridine rings is 1. The van der Waals surface area contributed by atoms with Crippen molar-refractivity contribution in [1.82, 2.24) is 20.6 Å². The van der Waals surface area contributed by atoms with Gasteiger partial charge in [0, 0.05) is 36.8 Å². The molecule has 0 saturated heterocycles. The molecule has 0 radical (unpaired) electrons. The molecule has 4 rings (SSSR count). The summed E-state index contributed by atoms with van der Waals surface area (Å²) in [6.07, 6.45) is 9.89. The molecule has 7 nitrogen and oxygen atoms in total. The molecule has 0 spiro atoms. The normalized spacial score (nSPS) is 21.4. The smallest absolute Gasteiger partial charge is 0.208 e. The van der Waals surface area contributed by atoms with Crippen LogP contribution in [0.4, 0.5) is 0 Å². The first kappa shape index (κ1) is 17.6. The summed E-state index contributed by atoms with van der Waals surface area (Å²) in [4.78, 5) is 4.35. The van der Waals surface area contributed by atoms with Crippen LogP contribution >= 0.6 is 0 Å². The van der Waals surface area contributed by atoms with Crippen LogP contribution in [0.25, 0.3) is 11.3 Å². The molecule has 0 amide bonds. The van der Waals surface area contributed by atoms with Crippen LogP contribution in [-0.4, -0.2) is 34.4 Å². The number of methoxy groups -OCH3 is 1. The largest absolute Gasteiger partial charge is 0.473 e. The Labute approximate surface area is 158 Å². The van der Waals surface area contributed by atoms with Crippen LogP contribution in [0.5, 0.6) is 0 Å². The van der Waals surface area contributed by atoms with Gasteiger partial charge in [0.25, 0.3) is 0 Å². The van der Waals surface area contributed by atoms with E-state index < -0.39 is 0 Å². The van der Waals surface area contributed by atoms with Gasteiger partial charge in [0.05, 0.1) is 17.7 Å². The van der Waals surface area contributed by atoms with Crippen LogP contribution in [0.15, 0.2) is 47.1 Å². The number of allylic oxidation sites excluding steroid dienone is 2. The van der Waals surface area contributed by atoms with E-state index in [1.807, 2.05) is 50.5 Å². The summed E-state index contributed by atoms with van der Waals surface area (Å²) in [7, 11) is 1.76. The molecule has 0 aromatic carbocycles. The van der Waals surface area contributed by atoms with Gasteiger partial charge in [0.2, 0.25) is 5.88 Å². The molecule has 27 heavy (non-hydrogen) atoms. The van der Waals surface area contributed by atoms with E-state index in [0.717, 1.165) is 47.0 Å². The van der Waals surface area contributed by atoms with Crippen molar-refractivity contribution in [2.45, 2.75) is 45.4 Å². The van der Waals surface area contributed by atoms with E-state index >= 15 is 0 Å². The first-order chi connectivity index (χ1) is 13.2. The Morgan fingerprint density at radius 2 is 2.15 bits per heavy atom. The van der Waals surface area contributed by atoms with Crippen LogP contribution in [0.2, 0.25) is 0 Å². The number of hydrogen-bond donors (Lipinski definition) is 1. The molecule has 2 aromatic heterocycles. The predicted molar refractivity (Wildman–Crippen MR) is 100 cm³/mol. The molecule has 1 aliphatic carbocycles. The van der Waals surface area contributed by atoms with Crippen molar-refractivity contribution >= 4 is 0 Å². The lowest BCUT2D eigenvalue weighted by Crippen LogP contribution is -2.52. The molecule has 0 unspecified atom stereocenters. The zero-order valence-corrected chi connectivity index (χ0v) is 15.8. The minimum absolute atomic E-state index is 0.324. The van der Waals surface area contributed by atoms with Crippen LogP contribution < -0.4 is 5.43 Å². The Balaban J connectivity index is 1.48. The molecular formula is C20H24N4O3. The number of nitrogens with zero attached hydrogens (tertiary/aromatic N) is 3. The average Bonchev–Trinajstić information content (AvgIpc) is 3.01. The maximum Gasteiger partial charge on any atom is 0.208 e. The SMILES string of the molecule is CO[C@H]1C[C@H](N2NC=CC=C2OCc2c(-c3ccc(C)nc3)noc2C)C1. The molecule has 0 atom stereocenters. The minimum Gasteiger partial charge on any atom is -0.473 e. The van der Waals surface area contributed by atoms with Gasteiger partial charge >= 0.3 is 0 Å². The molecule has 2 aromatic rings. The molecule has 0 bridgehead atoms. The highest BCUT2D eigenvalue weighted by Crippen LogP contribution is 2.31. The fraction of sp³-hybridized carbons (Fsp3) is 0.400. The summed E-state index contributed by atoms with van der Waals surface area (Å²) in [6.45, 7) is 4.23. The minimum atomic E-state index is 0.324. The zero-order valence-electron chi connectivity index (χ0n) is 15.8. The van der Waals surface area contributed by atoms with Gasteiger partial charge in [-0.3, -0.25) is 9.99 Å². The summed E-state index contributed by atoms with van der Waals surface area (Å²) >= 11 is 0. The maximum atomic E-state index is 6.14. The number of aryl methyl sites for hydroxylation is 2. The van der Waals surface area contributed by atoms with Crippen molar-refractivity contribution in [3.8, 4) is 11.3 Å². The highest BCUT2D eigenvalue weighted by atomic mass is 16.5. The van der Waals surface area contributed by atoms with E-state index in [0.29, 0.717) is 18.8 Å². The lowest BCUT2D eigenvalue weighted by atomic mass is 9.88. The molecule has 1 saturated carbocycles. The Bertz CT molecular complexity index is 851. The van der Waals surface area contributed by atoms with Gasteiger partial charge in [-0.1, -0.05) is 5.16 Å². The lowest BCUT2D eigenvalue weighted by Gasteiger charge is -2.43. The highest BCUT2D eigenvalue weighted by molar-refractivity contribution is 5.62. The van der Waals surface area contributed by atoms with E-state index in [2.05, 4.69) is 20.6 Å². The average molecular weight is 368 g/mol. The summed E-state index contributed by atoms with van der Waals surface area (Å²) in [5.74, 6) is 1.53. The third kappa shape index (κ3) is 3.55. The van der Waals surface area contributed by atoms with Gasteiger partial charge in [-0.05, 0) is 44.9 Å². The Morgan fingerprint density at radius 1 is 1.30 bits per heavy atom. The van der Waals surface area contributed by atoms with Gasteiger partial charge in [0.1, 0.15) is 18.1 Å². The van der Waals surface area contributed by atoms with Gasteiger partial charge in [-0.15, -0.1) is 0 Å². The first-order valence-corrected chi connectivity index (χ1v) is 9.11. The van der Waals surface area contributed by atoms with Gasteiger partial charge < -0.3 is 19.4 Å². The van der Waals surface area contributed by atoms with Gasteiger partial charge in [-0.25, -0.2) is 0 Å². The van der Waals surface area contributed by atoms with Crippen LogP contribution in [-0.2, 0) is 16.1 Å². The number of hydrazine groups is 1. The van der Waals surface area contributed by atoms with Crippen molar-refractivity contribution < 1.29 is 14.0 Å². The van der Waals surface area contributed by atoms with Crippen molar-refractivity contribution in [1.29, 1.82) is 0 Å². The van der Waals surface area contributed by atoms with E-state index in [1.165, 1.54) is 0 Å². The van der Waals surface area contributed by atoms with Crippen molar-refractivity contribution in [3.05, 3.63) is 59.6 Å². The molecule has 2 aliphatic rings. The van der Waals surface area contributed by atoms with Crippen LogP contribution in [0, 0.1) is 13.8 Å². The monoisotopic (exact) mass is 368 g/mol. The van der Waals surface area contributed by atoms with Crippen LogP contribution in [0.3, 0.4) is 0 Å². The fourth-order valence-electron chi connectivity index (χ4n) is 3.28. The predicted octanol–water partition coefficient (Wildman–Crippen LogP) is 3.22. The third-order valence-corrected chi connectivity index (χ3v) is 5.09. The summed E-state index contributed by atoms with van der Waals surface area (Å²) in [5.41, 5.74) is 6.86. The molecule has 1 fully saturated rings. The second-order valence-electron chi connectivity index (χ2n) is 6.89. The van der Waals surface area contributed by atoms with Crippen LogP contribution in [0.1, 0.15) is 29.9 Å². The molecular weight excluding hydrogens is 344 g/mol. The quantitative estimate of drug-likeness (QED) is 0.839. The fourth-order valence-corrected chi connectivity index (χ4v) is 3.28. The van der Waals surface area contributed by atoms with Crippen molar-refractivity contribution in [2.24, 2.45) is 0 Å². The van der Waals surface area contributed by atoms with E-state index in [1.54, 1.807) is 7.11 Å². The topological polar surface area (TPSA) is 72.7 Å². The van der Waals surface area contributed by atoms with Gasteiger partial charge in [0.15, 0.2) is 0 Å². The lowest BCUT2D eigenvalue weighted by molar-refractivity contribution is -0.0531. The first-order valence-electron chi connectivity index (χ1n) is 9.11. The molecule has 7 heteroatoms. The number of rotatable bonds is 6. The summed E-state index contributed by atoms with van der Waals surface area (Å²) < 4.78 is 17.0. The number of nitrogens with one attached hydrogen (secondary N) is 1. The maximum absolute atomic E-state index is 6.14. The molecule has 3 heterocycles. The van der Waals surface area contributed by atoms with Gasteiger partial charge in [-0.2, -0.15) is 0 Å². The Morgan fingerprint density at radius 3 is 2.89 bits per heavy atom. The number of hydrogen-bond acceptors (Lipinski definition) is 7. The number of aromatic nitrogens is 2. The highest BCUT2D eigenvalue weighted by Gasteiger charge is 2.36. The Kier molecular flexibility index (Phi) is 4.85. The third-order valence-electron chi connectivity index (χ3n) is 5.09. The van der Waals surface area contributed by atoms with E-state index in [9.17, 15) is 0 Å². The molecule has 1 aliphatic heterocycles. The summed E-state index contributed by atoms with van der Waals surface area (Å²) in [5, 5.41) is 6.27. The molecule has 1 N–H and O–H groups in total.